The van der Waals surface area contributed by atoms with Crippen molar-refractivity contribution in [3.63, 3.8) is 0 Å². The minimum Gasteiger partial charge on any atom is -0.333 e. The Labute approximate surface area is 211 Å². The predicted octanol–water partition coefficient (Wildman–Crippen LogP) is 2.70. The molecule has 1 saturated heterocycles. The molecule has 2 amide bonds. The van der Waals surface area contributed by atoms with E-state index < -0.39 is 21.8 Å². The highest BCUT2D eigenvalue weighted by Gasteiger charge is 2.33. The van der Waals surface area contributed by atoms with Gasteiger partial charge >= 0.3 is 0 Å². The summed E-state index contributed by atoms with van der Waals surface area (Å²) in [6, 6.07) is 10.1. The van der Waals surface area contributed by atoms with E-state index >= 15 is 0 Å². The average molecular weight is 527 g/mol. The first-order chi connectivity index (χ1) is 17.2. The number of carbonyl (C=O) groups excluding carboxylic acids is 2. The Balaban J connectivity index is 1.26. The standard InChI is InChI=1S/C23H19ClN6O5S/c24-18-3-1-17-14-19(4-2-16(17)13-18)36(34,35)30-11-9-28(10-12-30)23(32)21-25-22(31)20(26-27-21)15-5-7-29(33)8-6-15/h1-8,13-14,33H,9-12H2. The first kappa shape index (κ1) is 24.0. The van der Waals surface area contributed by atoms with Gasteiger partial charge in [0.1, 0.15) is 0 Å². The summed E-state index contributed by atoms with van der Waals surface area (Å²) in [5, 5.41) is 19.9. The van der Waals surface area contributed by atoms with Crippen LogP contribution < -0.4 is 0 Å². The second kappa shape index (κ2) is 9.39. The molecule has 1 N–H and O–H groups in total. The minimum absolute atomic E-state index is 0.0549. The molecule has 0 spiro atoms. The van der Waals surface area contributed by atoms with Crippen molar-refractivity contribution in [2.45, 2.75) is 4.90 Å². The smallest absolute Gasteiger partial charge is 0.300 e. The lowest BCUT2D eigenvalue weighted by Crippen LogP contribution is -2.52. The molecule has 1 fully saturated rings. The average Bonchev–Trinajstić information content (AvgIpc) is 2.88. The molecular formula is C23H19ClN6O5S. The molecule has 0 radical (unpaired) electrons. The van der Waals surface area contributed by atoms with Crippen LogP contribution in [-0.2, 0) is 19.6 Å². The fourth-order valence-electron chi connectivity index (χ4n) is 3.94. The molecule has 0 unspecified atom stereocenters. The van der Waals surface area contributed by atoms with Crippen LogP contribution in [0.4, 0.5) is 0 Å². The molecule has 11 nitrogen and oxygen atoms in total. The normalized spacial score (nSPS) is 18.8. The number of rotatable bonds is 3. The van der Waals surface area contributed by atoms with E-state index in [2.05, 4.69) is 15.2 Å². The van der Waals surface area contributed by atoms with E-state index in [1.54, 1.807) is 30.3 Å². The number of hydroxylamine groups is 2. The Morgan fingerprint density at radius 1 is 0.944 bits per heavy atom. The second-order valence-corrected chi connectivity index (χ2v) is 10.5. The first-order valence-electron chi connectivity index (χ1n) is 10.8. The van der Waals surface area contributed by atoms with Crippen molar-refractivity contribution in [3.05, 3.63) is 77.2 Å². The highest BCUT2D eigenvalue weighted by atomic mass is 35.5. The Morgan fingerprint density at radius 3 is 2.31 bits per heavy atom. The summed E-state index contributed by atoms with van der Waals surface area (Å²) in [5.74, 6) is -1.70. The van der Waals surface area contributed by atoms with Crippen LogP contribution in [0, 0.1) is 0 Å². The minimum atomic E-state index is -3.77. The fourth-order valence-corrected chi connectivity index (χ4v) is 5.58. The SMILES string of the molecule is O=C1N=C(C(=O)N2CCN(S(=O)(=O)c3ccc4cc(Cl)ccc4c3)CC2)N=NC1=C1C=CN(O)C=C1. The number of amidine groups is 1. The van der Waals surface area contributed by atoms with Crippen LogP contribution in [0.3, 0.4) is 0 Å². The molecule has 0 saturated carbocycles. The van der Waals surface area contributed by atoms with Crippen molar-refractivity contribution in [2.24, 2.45) is 15.2 Å². The van der Waals surface area contributed by atoms with Crippen molar-refractivity contribution in [3.8, 4) is 0 Å². The number of aliphatic imine (C=N–C) groups is 1. The van der Waals surface area contributed by atoms with Gasteiger partial charge in [0.2, 0.25) is 15.9 Å². The first-order valence-corrected chi connectivity index (χ1v) is 12.7. The summed E-state index contributed by atoms with van der Waals surface area (Å²) in [6.07, 6.45) is 5.55. The maximum atomic E-state index is 13.2. The van der Waals surface area contributed by atoms with Crippen molar-refractivity contribution >= 4 is 50.0 Å². The van der Waals surface area contributed by atoms with E-state index in [1.807, 2.05) is 0 Å². The third-order valence-electron chi connectivity index (χ3n) is 5.87. The zero-order chi connectivity index (χ0) is 25.4. The van der Waals surface area contributed by atoms with Crippen LogP contribution in [0.25, 0.3) is 10.8 Å². The Bertz CT molecular complexity index is 1520. The van der Waals surface area contributed by atoms with Gasteiger partial charge in [-0.2, -0.15) is 9.30 Å². The molecule has 5 rings (SSSR count). The summed E-state index contributed by atoms with van der Waals surface area (Å²) >= 11 is 6.01. The topological polar surface area (TPSA) is 135 Å². The molecule has 0 aliphatic carbocycles. The summed E-state index contributed by atoms with van der Waals surface area (Å²) in [4.78, 5) is 30.6. The number of allylic oxidation sites excluding steroid dienone is 3. The Kier molecular flexibility index (Phi) is 6.26. The lowest BCUT2D eigenvalue weighted by atomic mass is 10.1. The number of halogens is 1. The van der Waals surface area contributed by atoms with Crippen molar-refractivity contribution in [1.82, 2.24) is 14.3 Å². The van der Waals surface area contributed by atoms with Crippen molar-refractivity contribution in [1.29, 1.82) is 0 Å². The third-order valence-corrected chi connectivity index (χ3v) is 8.00. The number of nitrogens with zero attached hydrogens (tertiary/aromatic N) is 6. The predicted molar refractivity (Wildman–Crippen MR) is 131 cm³/mol. The zero-order valence-electron chi connectivity index (χ0n) is 18.7. The van der Waals surface area contributed by atoms with Gasteiger partial charge in [-0.15, -0.1) is 10.2 Å². The Morgan fingerprint density at radius 2 is 1.61 bits per heavy atom. The number of hydrogen-bond acceptors (Lipinski definition) is 8. The molecule has 3 aliphatic heterocycles. The van der Waals surface area contributed by atoms with Crippen LogP contribution in [0.2, 0.25) is 5.02 Å². The summed E-state index contributed by atoms with van der Waals surface area (Å²) in [7, 11) is -3.77. The number of sulfonamides is 1. The molecule has 36 heavy (non-hydrogen) atoms. The monoisotopic (exact) mass is 526 g/mol. The van der Waals surface area contributed by atoms with Gasteiger partial charge in [0.05, 0.1) is 4.90 Å². The second-order valence-electron chi connectivity index (χ2n) is 8.11. The quantitative estimate of drug-likeness (QED) is 0.611. The summed E-state index contributed by atoms with van der Waals surface area (Å²) in [6.45, 7) is 0.368. The van der Waals surface area contributed by atoms with Gasteiger partial charge in [-0.05, 0) is 47.2 Å². The fraction of sp³-hybridized carbons (Fsp3) is 0.174. The van der Waals surface area contributed by atoms with Gasteiger partial charge in [0.25, 0.3) is 11.8 Å². The lowest BCUT2D eigenvalue weighted by molar-refractivity contribution is -0.125. The molecule has 0 bridgehead atoms. The van der Waals surface area contributed by atoms with Crippen LogP contribution in [0.1, 0.15) is 0 Å². The van der Waals surface area contributed by atoms with E-state index in [0.29, 0.717) is 10.6 Å². The number of amides is 2. The van der Waals surface area contributed by atoms with Crippen LogP contribution in [-0.4, -0.2) is 71.7 Å². The number of fused-ring (bicyclic) bond motifs is 1. The molecule has 0 atom stereocenters. The Hall–Kier alpha value is -3.71. The van der Waals surface area contributed by atoms with Gasteiger partial charge in [0.15, 0.2) is 5.70 Å². The maximum Gasteiger partial charge on any atom is 0.300 e. The van der Waals surface area contributed by atoms with Gasteiger partial charge in [-0.3, -0.25) is 14.8 Å². The van der Waals surface area contributed by atoms with E-state index in [-0.39, 0.29) is 42.6 Å². The molecule has 3 heterocycles. The lowest BCUT2D eigenvalue weighted by Gasteiger charge is -2.33. The van der Waals surface area contributed by atoms with Gasteiger partial charge in [0, 0.05) is 49.2 Å². The van der Waals surface area contributed by atoms with Crippen molar-refractivity contribution in [2.75, 3.05) is 26.2 Å². The largest absolute Gasteiger partial charge is 0.333 e. The number of benzene rings is 2. The molecule has 0 aromatic heterocycles. The molecule has 184 valence electrons. The highest BCUT2D eigenvalue weighted by molar-refractivity contribution is 7.89. The number of hydrogen-bond donors (Lipinski definition) is 1. The van der Waals surface area contributed by atoms with Crippen molar-refractivity contribution < 1.29 is 23.2 Å². The molecule has 13 heteroatoms. The summed E-state index contributed by atoms with van der Waals surface area (Å²) < 4.78 is 27.7. The van der Waals surface area contributed by atoms with E-state index in [9.17, 15) is 23.2 Å². The number of carbonyl (C=O) groups is 2. The zero-order valence-corrected chi connectivity index (χ0v) is 20.2. The van der Waals surface area contributed by atoms with Gasteiger partial charge in [-0.25, -0.2) is 13.5 Å². The van der Waals surface area contributed by atoms with E-state index in [4.69, 9.17) is 11.6 Å². The molecule has 2 aromatic carbocycles. The number of azo groups is 1. The number of piperazine rings is 1. The highest BCUT2D eigenvalue weighted by Crippen LogP contribution is 2.25. The molecule has 3 aliphatic rings. The summed E-state index contributed by atoms with van der Waals surface area (Å²) in [5.41, 5.74) is 0.334. The maximum absolute atomic E-state index is 13.2. The van der Waals surface area contributed by atoms with Crippen LogP contribution >= 0.6 is 11.6 Å². The van der Waals surface area contributed by atoms with Crippen LogP contribution in [0.15, 0.2) is 92.3 Å². The third kappa shape index (κ3) is 4.58. The van der Waals surface area contributed by atoms with Gasteiger partial charge in [-0.1, -0.05) is 23.7 Å². The molecular weight excluding hydrogens is 508 g/mol. The molecule has 2 aromatic rings. The van der Waals surface area contributed by atoms with Gasteiger partial charge < -0.3 is 4.90 Å². The van der Waals surface area contributed by atoms with Crippen LogP contribution in [0.5, 0.6) is 0 Å². The van der Waals surface area contributed by atoms with E-state index in [0.717, 1.165) is 15.8 Å². The van der Waals surface area contributed by atoms with E-state index in [1.165, 1.54) is 39.8 Å².